The van der Waals surface area contributed by atoms with E-state index in [9.17, 15) is 0 Å². The minimum atomic E-state index is 0.130. The summed E-state index contributed by atoms with van der Waals surface area (Å²) in [7, 11) is 2.10. The number of halogens is 1. The van der Waals surface area contributed by atoms with Crippen LogP contribution in [0.15, 0.2) is 41.8 Å². The van der Waals surface area contributed by atoms with Gasteiger partial charge in [-0.2, -0.15) is 0 Å². The van der Waals surface area contributed by atoms with Crippen molar-refractivity contribution < 1.29 is 0 Å². The van der Waals surface area contributed by atoms with E-state index in [0.717, 1.165) is 10.6 Å². The Bertz CT molecular complexity index is 513. The van der Waals surface area contributed by atoms with Gasteiger partial charge in [-0.15, -0.1) is 11.3 Å². The van der Waals surface area contributed by atoms with Gasteiger partial charge in [-0.3, -0.25) is 4.90 Å². The average molecular weight is 295 g/mol. The molecule has 0 aliphatic rings. The van der Waals surface area contributed by atoms with Crippen molar-refractivity contribution in [3.63, 3.8) is 0 Å². The van der Waals surface area contributed by atoms with Gasteiger partial charge < -0.3 is 5.73 Å². The molecular formula is C15H19ClN2S. The third-order valence-corrected chi connectivity index (χ3v) is 4.93. The lowest BCUT2D eigenvalue weighted by atomic mass is 10.0. The first kappa shape index (κ1) is 14.5. The number of nitrogens with two attached hydrogens (primary N) is 1. The van der Waals surface area contributed by atoms with Crippen molar-refractivity contribution in [2.24, 2.45) is 5.73 Å². The number of benzene rings is 1. The standard InChI is InChI=1S/C15H19ClN2S/c1-11(15-8-5-9-19-15)18(2)14(10-17)12-6-3-4-7-13(12)16/h3-9,11,14H,10,17H2,1-2H3. The van der Waals surface area contributed by atoms with Crippen LogP contribution >= 0.6 is 22.9 Å². The number of hydrogen-bond donors (Lipinski definition) is 1. The molecule has 19 heavy (non-hydrogen) atoms. The summed E-state index contributed by atoms with van der Waals surface area (Å²) in [5, 5.41) is 2.88. The monoisotopic (exact) mass is 294 g/mol. The number of thiophene rings is 1. The maximum atomic E-state index is 6.29. The zero-order valence-corrected chi connectivity index (χ0v) is 12.8. The summed E-state index contributed by atoms with van der Waals surface area (Å²) in [4.78, 5) is 3.63. The smallest absolute Gasteiger partial charge is 0.0488 e. The van der Waals surface area contributed by atoms with Gasteiger partial charge >= 0.3 is 0 Å². The van der Waals surface area contributed by atoms with Gasteiger partial charge in [0.1, 0.15) is 0 Å². The normalized spacial score (nSPS) is 14.6. The predicted molar refractivity (Wildman–Crippen MR) is 83.7 cm³/mol. The molecule has 2 rings (SSSR count). The van der Waals surface area contributed by atoms with Crippen LogP contribution in [0.3, 0.4) is 0 Å². The third-order valence-electron chi connectivity index (χ3n) is 3.54. The largest absolute Gasteiger partial charge is 0.329 e. The Hall–Kier alpha value is -0.870. The van der Waals surface area contributed by atoms with Crippen molar-refractivity contribution in [1.82, 2.24) is 4.90 Å². The first-order chi connectivity index (χ1) is 9.15. The summed E-state index contributed by atoms with van der Waals surface area (Å²) in [6.45, 7) is 2.75. The van der Waals surface area contributed by atoms with Gasteiger partial charge in [0.15, 0.2) is 0 Å². The van der Waals surface area contributed by atoms with Crippen LogP contribution in [0.2, 0.25) is 5.02 Å². The highest BCUT2D eigenvalue weighted by Gasteiger charge is 2.23. The molecule has 1 heterocycles. The number of hydrogen-bond acceptors (Lipinski definition) is 3. The van der Waals surface area contributed by atoms with E-state index in [1.165, 1.54) is 4.88 Å². The Balaban J connectivity index is 2.25. The first-order valence-electron chi connectivity index (χ1n) is 6.35. The fourth-order valence-corrected chi connectivity index (χ4v) is 3.35. The van der Waals surface area contributed by atoms with E-state index < -0.39 is 0 Å². The first-order valence-corrected chi connectivity index (χ1v) is 7.60. The molecule has 1 aromatic heterocycles. The van der Waals surface area contributed by atoms with Gasteiger partial charge in [0.2, 0.25) is 0 Å². The number of rotatable bonds is 5. The Morgan fingerprint density at radius 1 is 1.26 bits per heavy atom. The minimum Gasteiger partial charge on any atom is -0.329 e. The summed E-state index contributed by atoms with van der Waals surface area (Å²) in [5.41, 5.74) is 7.06. The van der Waals surface area contributed by atoms with Crippen LogP contribution in [0.1, 0.15) is 29.4 Å². The molecule has 0 bridgehead atoms. The fraction of sp³-hybridized carbons (Fsp3) is 0.333. The van der Waals surface area contributed by atoms with Gasteiger partial charge in [0, 0.05) is 28.5 Å². The van der Waals surface area contributed by atoms with Crippen molar-refractivity contribution >= 4 is 22.9 Å². The Morgan fingerprint density at radius 3 is 2.58 bits per heavy atom. The predicted octanol–water partition coefficient (Wildman–Crippen LogP) is 4.09. The van der Waals surface area contributed by atoms with E-state index >= 15 is 0 Å². The molecule has 2 unspecified atom stereocenters. The lowest BCUT2D eigenvalue weighted by Gasteiger charge is -2.32. The highest BCUT2D eigenvalue weighted by Crippen LogP contribution is 2.33. The zero-order valence-electron chi connectivity index (χ0n) is 11.2. The summed E-state index contributed by atoms with van der Waals surface area (Å²) < 4.78 is 0. The molecule has 0 radical (unpaired) electrons. The van der Waals surface area contributed by atoms with E-state index in [1.807, 2.05) is 18.2 Å². The van der Waals surface area contributed by atoms with Crippen LogP contribution in [0.4, 0.5) is 0 Å². The maximum absolute atomic E-state index is 6.29. The highest BCUT2D eigenvalue weighted by atomic mass is 35.5. The second kappa shape index (κ2) is 6.53. The molecule has 0 saturated heterocycles. The van der Waals surface area contributed by atoms with Gasteiger partial charge in [0.05, 0.1) is 0 Å². The van der Waals surface area contributed by atoms with Gasteiger partial charge in [0.25, 0.3) is 0 Å². The molecule has 4 heteroatoms. The molecule has 2 atom stereocenters. The molecule has 0 saturated carbocycles. The highest BCUT2D eigenvalue weighted by molar-refractivity contribution is 7.10. The molecule has 2 aromatic rings. The van der Waals surface area contributed by atoms with Crippen LogP contribution in [-0.4, -0.2) is 18.5 Å². The lowest BCUT2D eigenvalue weighted by molar-refractivity contribution is 0.193. The SMILES string of the molecule is CC(c1cccs1)N(C)C(CN)c1ccccc1Cl. The Morgan fingerprint density at radius 2 is 2.00 bits per heavy atom. The molecule has 0 spiro atoms. The third kappa shape index (κ3) is 3.18. The summed E-state index contributed by atoms with van der Waals surface area (Å²) >= 11 is 8.06. The second-order valence-corrected chi connectivity index (χ2v) is 6.02. The van der Waals surface area contributed by atoms with E-state index in [2.05, 4.69) is 42.5 Å². The topological polar surface area (TPSA) is 29.3 Å². The molecule has 2 nitrogen and oxygen atoms in total. The maximum Gasteiger partial charge on any atom is 0.0488 e. The molecule has 1 aromatic carbocycles. The minimum absolute atomic E-state index is 0.130. The van der Waals surface area contributed by atoms with E-state index in [1.54, 1.807) is 11.3 Å². The van der Waals surface area contributed by atoms with Crippen molar-refractivity contribution in [3.8, 4) is 0 Å². The zero-order chi connectivity index (χ0) is 13.8. The van der Waals surface area contributed by atoms with E-state index in [4.69, 9.17) is 17.3 Å². The van der Waals surface area contributed by atoms with Crippen molar-refractivity contribution in [2.75, 3.05) is 13.6 Å². The molecule has 0 fully saturated rings. The van der Waals surface area contributed by atoms with Crippen LogP contribution in [0.25, 0.3) is 0 Å². The average Bonchev–Trinajstić information content (AvgIpc) is 2.94. The summed E-state index contributed by atoms with van der Waals surface area (Å²) in [6, 6.07) is 12.6. The van der Waals surface area contributed by atoms with Crippen LogP contribution in [0.5, 0.6) is 0 Å². The van der Waals surface area contributed by atoms with E-state index in [0.29, 0.717) is 12.6 Å². The molecule has 102 valence electrons. The fourth-order valence-electron chi connectivity index (χ4n) is 2.26. The Kier molecular flexibility index (Phi) is 4.99. The lowest BCUT2D eigenvalue weighted by Crippen LogP contribution is -2.32. The molecular weight excluding hydrogens is 276 g/mol. The van der Waals surface area contributed by atoms with Gasteiger partial charge in [-0.25, -0.2) is 0 Å². The van der Waals surface area contributed by atoms with Crippen molar-refractivity contribution in [3.05, 3.63) is 57.2 Å². The van der Waals surface area contributed by atoms with Crippen LogP contribution in [-0.2, 0) is 0 Å². The molecule has 0 aliphatic heterocycles. The molecule has 2 N–H and O–H groups in total. The molecule has 0 amide bonds. The van der Waals surface area contributed by atoms with Crippen molar-refractivity contribution in [1.29, 1.82) is 0 Å². The molecule has 0 aliphatic carbocycles. The van der Waals surface area contributed by atoms with Gasteiger partial charge in [-0.05, 0) is 37.0 Å². The van der Waals surface area contributed by atoms with Crippen molar-refractivity contribution in [2.45, 2.75) is 19.0 Å². The second-order valence-electron chi connectivity index (χ2n) is 4.63. The quantitative estimate of drug-likeness (QED) is 0.900. The van der Waals surface area contributed by atoms with E-state index in [-0.39, 0.29) is 6.04 Å². The summed E-state index contributed by atoms with van der Waals surface area (Å²) in [6.07, 6.45) is 0. The van der Waals surface area contributed by atoms with Crippen LogP contribution in [0, 0.1) is 0 Å². The Labute approximate surface area is 123 Å². The summed E-state index contributed by atoms with van der Waals surface area (Å²) in [5.74, 6) is 0. The van der Waals surface area contributed by atoms with Crippen LogP contribution < -0.4 is 5.73 Å². The van der Waals surface area contributed by atoms with Gasteiger partial charge in [-0.1, -0.05) is 35.9 Å². The number of nitrogens with zero attached hydrogens (tertiary/aromatic N) is 1. The number of likely N-dealkylation sites (N-methyl/N-ethyl adjacent to an activating group) is 1.